The molecule has 1 atom stereocenters. The average Bonchev–Trinajstić information content (AvgIpc) is 3.47. The largest absolute Gasteiger partial charge is 0.447 e. The van der Waals surface area contributed by atoms with E-state index in [1.54, 1.807) is 4.90 Å². The van der Waals surface area contributed by atoms with Gasteiger partial charge in [-0.1, -0.05) is 30.3 Å². The van der Waals surface area contributed by atoms with Crippen LogP contribution in [0.2, 0.25) is 0 Å². The Morgan fingerprint density at radius 3 is 2.76 bits per heavy atom. The number of ether oxygens (including phenoxy) is 1. The van der Waals surface area contributed by atoms with Gasteiger partial charge in [0.25, 0.3) is 0 Å². The zero-order chi connectivity index (χ0) is 19.8. The van der Waals surface area contributed by atoms with Crippen molar-refractivity contribution in [2.45, 2.75) is 44.2 Å². The Morgan fingerprint density at radius 2 is 1.97 bits per heavy atom. The maximum Gasteiger partial charge on any atom is 0.414 e. The molecule has 150 valence electrons. The number of carbonyl (C=O) groups excluding carboxylic acids is 2. The first kappa shape index (κ1) is 18.0. The molecule has 3 aliphatic rings. The van der Waals surface area contributed by atoms with E-state index in [4.69, 9.17) is 4.74 Å². The van der Waals surface area contributed by atoms with Gasteiger partial charge in [0.1, 0.15) is 6.61 Å². The van der Waals surface area contributed by atoms with Crippen molar-refractivity contribution < 1.29 is 14.3 Å². The Hall–Kier alpha value is -3.02. The molecule has 2 aliphatic carbocycles. The van der Waals surface area contributed by atoms with Crippen LogP contribution in [-0.4, -0.2) is 36.2 Å². The van der Waals surface area contributed by atoms with Crippen LogP contribution in [0, 0.1) is 0 Å². The molecule has 6 heteroatoms. The molecule has 0 unspecified atom stereocenters. The van der Waals surface area contributed by atoms with Crippen LogP contribution < -0.4 is 10.2 Å². The molecule has 3 amide bonds. The Morgan fingerprint density at radius 1 is 1.10 bits per heavy atom. The van der Waals surface area contributed by atoms with Crippen molar-refractivity contribution in [3.63, 3.8) is 0 Å². The van der Waals surface area contributed by atoms with Crippen LogP contribution >= 0.6 is 0 Å². The highest BCUT2D eigenvalue weighted by atomic mass is 16.6. The molecule has 2 aromatic rings. The lowest BCUT2D eigenvalue weighted by atomic mass is 9.87. The zero-order valence-electron chi connectivity index (χ0n) is 16.3. The molecule has 0 spiro atoms. The van der Waals surface area contributed by atoms with E-state index in [2.05, 4.69) is 34.5 Å². The normalized spacial score (nSPS) is 20.8. The summed E-state index contributed by atoms with van der Waals surface area (Å²) in [5.41, 5.74) is 4.08. The average molecular weight is 391 g/mol. The standard InChI is InChI=1S/C23H25N3O3/c27-22(24-17-7-4-8-19(15-17)25-13-14-29-23(25)28)26(18-11-12-18)21-10-3-6-16-5-1-2-9-20(16)21/h1-2,4-5,7-9,15,18,21H,3,6,10-14H2,(H,24,27)/t21-/m0/s1. The highest BCUT2D eigenvalue weighted by Gasteiger charge is 2.39. The molecular formula is C23H25N3O3. The minimum atomic E-state index is -0.341. The monoisotopic (exact) mass is 391 g/mol. The van der Waals surface area contributed by atoms with E-state index < -0.39 is 0 Å². The Balaban J connectivity index is 1.38. The number of nitrogens with one attached hydrogen (secondary N) is 1. The third-order valence-electron chi connectivity index (χ3n) is 6.02. The summed E-state index contributed by atoms with van der Waals surface area (Å²) in [7, 11) is 0. The molecule has 2 fully saturated rings. The summed E-state index contributed by atoms with van der Waals surface area (Å²) in [6, 6.07) is 16.3. The number of fused-ring (bicyclic) bond motifs is 1. The fourth-order valence-corrected chi connectivity index (χ4v) is 4.50. The Bertz CT molecular complexity index is 940. The maximum atomic E-state index is 13.3. The molecule has 6 nitrogen and oxygen atoms in total. The number of hydrogen-bond donors (Lipinski definition) is 1. The van der Waals surface area contributed by atoms with Gasteiger partial charge in [0.2, 0.25) is 0 Å². The number of amides is 3. The van der Waals surface area contributed by atoms with Gasteiger partial charge in [0, 0.05) is 17.4 Å². The van der Waals surface area contributed by atoms with E-state index in [1.165, 1.54) is 11.1 Å². The smallest absolute Gasteiger partial charge is 0.414 e. The lowest BCUT2D eigenvalue weighted by Crippen LogP contribution is -2.41. The van der Waals surface area contributed by atoms with Crippen molar-refractivity contribution in [2.24, 2.45) is 0 Å². The highest BCUT2D eigenvalue weighted by Crippen LogP contribution is 2.41. The second-order valence-electron chi connectivity index (χ2n) is 7.99. The fourth-order valence-electron chi connectivity index (χ4n) is 4.50. The molecule has 1 heterocycles. The van der Waals surface area contributed by atoms with Gasteiger partial charge in [-0.05, 0) is 61.4 Å². The van der Waals surface area contributed by atoms with Crippen molar-refractivity contribution in [3.05, 3.63) is 59.7 Å². The van der Waals surface area contributed by atoms with Crippen molar-refractivity contribution in [2.75, 3.05) is 23.4 Å². The number of urea groups is 1. The van der Waals surface area contributed by atoms with Gasteiger partial charge in [-0.2, -0.15) is 0 Å². The molecule has 1 N–H and O–H groups in total. The number of carbonyl (C=O) groups is 2. The second kappa shape index (κ2) is 7.43. The molecule has 0 radical (unpaired) electrons. The maximum absolute atomic E-state index is 13.3. The lowest BCUT2D eigenvalue weighted by Gasteiger charge is -2.36. The summed E-state index contributed by atoms with van der Waals surface area (Å²) < 4.78 is 5.02. The first-order valence-corrected chi connectivity index (χ1v) is 10.4. The van der Waals surface area contributed by atoms with Crippen molar-refractivity contribution >= 4 is 23.5 Å². The number of anilines is 2. The fraction of sp³-hybridized carbons (Fsp3) is 0.391. The van der Waals surface area contributed by atoms with E-state index >= 15 is 0 Å². The molecule has 29 heavy (non-hydrogen) atoms. The molecule has 0 aromatic heterocycles. The molecule has 0 bridgehead atoms. The minimum Gasteiger partial charge on any atom is -0.447 e. The van der Waals surface area contributed by atoms with Gasteiger partial charge in [0.05, 0.1) is 12.6 Å². The zero-order valence-corrected chi connectivity index (χ0v) is 16.3. The number of hydrogen-bond acceptors (Lipinski definition) is 3. The highest BCUT2D eigenvalue weighted by molar-refractivity contribution is 5.93. The van der Waals surface area contributed by atoms with Crippen molar-refractivity contribution in [1.29, 1.82) is 0 Å². The summed E-state index contributed by atoms with van der Waals surface area (Å²) in [5, 5.41) is 3.08. The summed E-state index contributed by atoms with van der Waals surface area (Å²) in [4.78, 5) is 28.8. The van der Waals surface area contributed by atoms with Gasteiger partial charge >= 0.3 is 12.1 Å². The topological polar surface area (TPSA) is 61.9 Å². The van der Waals surface area contributed by atoms with Gasteiger partial charge in [0.15, 0.2) is 0 Å². The van der Waals surface area contributed by atoms with Crippen LogP contribution in [0.4, 0.5) is 21.0 Å². The third-order valence-corrected chi connectivity index (χ3v) is 6.02. The number of benzene rings is 2. The van der Waals surface area contributed by atoms with Gasteiger partial charge in [-0.15, -0.1) is 0 Å². The van der Waals surface area contributed by atoms with Crippen LogP contribution in [0.25, 0.3) is 0 Å². The van der Waals surface area contributed by atoms with E-state index in [9.17, 15) is 9.59 Å². The van der Waals surface area contributed by atoms with Crippen molar-refractivity contribution in [3.8, 4) is 0 Å². The Kier molecular flexibility index (Phi) is 4.62. The lowest BCUT2D eigenvalue weighted by molar-refractivity contribution is 0.175. The van der Waals surface area contributed by atoms with Crippen LogP contribution in [0.5, 0.6) is 0 Å². The van der Waals surface area contributed by atoms with E-state index in [0.29, 0.717) is 24.9 Å². The third kappa shape index (κ3) is 3.55. The van der Waals surface area contributed by atoms with Crippen LogP contribution in [0.3, 0.4) is 0 Å². The van der Waals surface area contributed by atoms with Crippen molar-refractivity contribution in [1.82, 2.24) is 4.90 Å². The molecule has 1 saturated carbocycles. The van der Waals surface area contributed by atoms with Crippen LogP contribution in [-0.2, 0) is 11.2 Å². The SMILES string of the molecule is O=C1OCCN1c1cccc(NC(=O)N(C2CC2)[C@H]2CCCc3ccccc32)c1. The predicted octanol–water partition coefficient (Wildman–Crippen LogP) is 4.72. The molecule has 5 rings (SSSR count). The van der Waals surface area contributed by atoms with Gasteiger partial charge < -0.3 is 15.0 Å². The van der Waals surface area contributed by atoms with E-state index in [1.807, 2.05) is 24.3 Å². The first-order valence-electron chi connectivity index (χ1n) is 10.4. The second-order valence-corrected chi connectivity index (χ2v) is 7.99. The van der Waals surface area contributed by atoms with E-state index in [0.717, 1.165) is 37.8 Å². The quantitative estimate of drug-likeness (QED) is 0.820. The summed E-state index contributed by atoms with van der Waals surface area (Å²) >= 11 is 0. The summed E-state index contributed by atoms with van der Waals surface area (Å²) in [5.74, 6) is 0. The minimum absolute atomic E-state index is 0.0599. The summed E-state index contributed by atoms with van der Waals surface area (Å²) in [6.07, 6.45) is 4.97. The first-order chi connectivity index (χ1) is 14.2. The molecule has 1 aliphatic heterocycles. The molecular weight excluding hydrogens is 366 g/mol. The molecule has 1 saturated heterocycles. The van der Waals surface area contributed by atoms with Gasteiger partial charge in [-0.3, -0.25) is 4.90 Å². The number of cyclic esters (lactones) is 1. The number of aryl methyl sites for hydroxylation is 1. The van der Waals surface area contributed by atoms with Gasteiger partial charge in [-0.25, -0.2) is 9.59 Å². The van der Waals surface area contributed by atoms with E-state index in [-0.39, 0.29) is 18.2 Å². The Labute approximate surface area is 170 Å². The van der Waals surface area contributed by atoms with Crippen LogP contribution in [0.1, 0.15) is 42.9 Å². The summed E-state index contributed by atoms with van der Waals surface area (Å²) in [6.45, 7) is 0.926. The van der Waals surface area contributed by atoms with Crippen LogP contribution in [0.15, 0.2) is 48.5 Å². The number of nitrogens with zero attached hydrogens (tertiary/aromatic N) is 2. The number of rotatable bonds is 4. The molecule has 2 aromatic carbocycles. The predicted molar refractivity (Wildman–Crippen MR) is 111 cm³/mol.